The first-order valence-electron chi connectivity index (χ1n) is 11.2. The Labute approximate surface area is 186 Å². The highest BCUT2D eigenvalue weighted by Gasteiger charge is 2.71. The molecule has 1 saturated carbocycles. The lowest BCUT2D eigenvalue weighted by Gasteiger charge is -2.60. The van der Waals surface area contributed by atoms with Crippen molar-refractivity contribution in [2.75, 3.05) is 0 Å². The highest BCUT2D eigenvalue weighted by molar-refractivity contribution is 5.87. The monoisotopic (exact) mass is 448 g/mol. The van der Waals surface area contributed by atoms with Crippen LogP contribution in [0.1, 0.15) is 45.6 Å². The second-order valence-electron chi connectivity index (χ2n) is 9.70. The normalized spacial score (nSPS) is 45.3. The maximum absolute atomic E-state index is 13.1. The van der Waals surface area contributed by atoms with Gasteiger partial charge >= 0.3 is 5.97 Å². The molecule has 9 atom stereocenters. The summed E-state index contributed by atoms with van der Waals surface area (Å²) < 4.78 is 31.1. The number of carbonyl (C=O) groups is 1. The summed E-state index contributed by atoms with van der Waals surface area (Å²) in [7, 11) is 0. The van der Waals surface area contributed by atoms with Crippen molar-refractivity contribution in [3.63, 3.8) is 0 Å². The minimum atomic E-state index is -0.958. The van der Waals surface area contributed by atoms with Crippen molar-refractivity contribution in [3.8, 4) is 0 Å². The van der Waals surface area contributed by atoms with E-state index in [2.05, 4.69) is 0 Å². The lowest BCUT2D eigenvalue weighted by atomic mass is 9.57. The van der Waals surface area contributed by atoms with E-state index >= 15 is 0 Å². The number of rotatable bonds is 3. The quantitative estimate of drug-likeness (QED) is 0.430. The fraction of sp³-hybridized carbons (Fsp3) is 0.625. The fourth-order valence-electron chi connectivity index (χ4n) is 5.85. The van der Waals surface area contributed by atoms with Gasteiger partial charge in [-0.15, -0.1) is 0 Å². The summed E-state index contributed by atoms with van der Waals surface area (Å²) in [5.74, 6) is -2.33. The standard InChI is InChI=1S/C24H29FO7/c1-13-17-10-11-23(3)30-22-24(17,32-31-23)18(12-19(13)26)14(2)21(29-22)28-20(27)9-6-15-4-7-16(25)8-5-15/h4-9,13-14,17-19,21-22,26H,10-12H2,1-3H3/b9-6+/t13-,14+,17-,18-,19+,21+,22+,23+,24+/m0/s1. The maximum atomic E-state index is 13.1. The van der Waals surface area contributed by atoms with Crippen LogP contribution in [0.25, 0.3) is 6.08 Å². The average Bonchev–Trinajstić information content (AvgIpc) is 2.99. The van der Waals surface area contributed by atoms with Crippen molar-refractivity contribution in [2.24, 2.45) is 23.7 Å². The van der Waals surface area contributed by atoms with Crippen LogP contribution in [0.15, 0.2) is 30.3 Å². The summed E-state index contributed by atoms with van der Waals surface area (Å²) in [6, 6.07) is 5.79. The van der Waals surface area contributed by atoms with Crippen molar-refractivity contribution in [3.05, 3.63) is 41.7 Å². The minimum absolute atomic E-state index is 0.00468. The first-order chi connectivity index (χ1) is 15.2. The number of hydrogen-bond acceptors (Lipinski definition) is 7. The molecule has 0 radical (unpaired) electrons. The van der Waals surface area contributed by atoms with Crippen LogP contribution < -0.4 is 0 Å². The highest BCUT2D eigenvalue weighted by atomic mass is 19.1. The molecule has 5 aliphatic rings. The number of hydrogen-bond donors (Lipinski definition) is 1. The van der Waals surface area contributed by atoms with E-state index in [9.17, 15) is 14.3 Å². The molecule has 1 N–H and O–H groups in total. The Hall–Kier alpha value is -1.84. The summed E-state index contributed by atoms with van der Waals surface area (Å²) in [4.78, 5) is 24.3. The predicted molar refractivity (Wildman–Crippen MR) is 110 cm³/mol. The number of aliphatic hydroxyl groups excluding tert-OH is 1. The smallest absolute Gasteiger partial charge is 0.333 e. The van der Waals surface area contributed by atoms with Gasteiger partial charge in [0, 0.05) is 30.3 Å². The Bertz CT molecular complexity index is 900. The van der Waals surface area contributed by atoms with Gasteiger partial charge < -0.3 is 19.3 Å². The van der Waals surface area contributed by atoms with Crippen LogP contribution in [0.2, 0.25) is 0 Å². The maximum Gasteiger partial charge on any atom is 0.333 e. The van der Waals surface area contributed by atoms with Gasteiger partial charge in [0.15, 0.2) is 11.9 Å². The second-order valence-corrected chi connectivity index (χ2v) is 9.70. The fourth-order valence-corrected chi connectivity index (χ4v) is 5.85. The molecule has 1 spiro atoms. The zero-order valence-electron chi connectivity index (χ0n) is 18.4. The second kappa shape index (κ2) is 7.88. The Kier molecular flexibility index (Phi) is 5.41. The molecule has 6 rings (SSSR count). The van der Waals surface area contributed by atoms with Gasteiger partial charge in [-0.25, -0.2) is 19.0 Å². The molecule has 2 bridgehead atoms. The van der Waals surface area contributed by atoms with Gasteiger partial charge in [-0.05, 0) is 49.5 Å². The summed E-state index contributed by atoms with van der Waals surface area (Å²) in [5, 5.41) is 10.8. The molecule has 0 unspecified atom stereocenters. The molecule has 8 heteroatoms. The van der Waals surface area contributed by atoms with Crippen LogP contribution >= 0.6 is 0 Å². The van der Waals surface area contributed by atoms with Gasteiger partial charge in [-0.2, -0.15) is 0 Å². The Morgan fingerprint density at radius 1 is 1.19 bits per heavy atom. The van der Waals surface area contributed by atoms with Crippen molar-refractivity contribution >= 4 is 12.0 Å². The van der Waals surface area contributed by atoms with E-state index in [1.807, 2.05) is 13.8 Å². The molecule has 7 nitrogen and oxygen atoms in total. The van der Waals surface area contributed by atoms with Gasteiger partial charge in [-0.1, -0.05) is 26.0 Å². The van der Waals surface area contributed by atoms with Gasteiger partial charge in [0.05, 0.1) is 6.10 Å². The van der Waals surface area contributed by atoms with E-state index in [1.54, 1.807) is 25.1 Å². The highest BCUT2D eigenvalue weighted by Crippen LogP contribution is 2.60. The lowest BCUT2D eigenvalue weighted by Crippen LogP contribution is -2.72. The number of carbonyl (C=O) groups excluding carboxylic acids is 1. The minimum Gasteiger partial charge on any atom is -0.432 e. The summed E-state index contributed by atoms with van der Waals surface area (Å²) in [6.07, 6.45) is 2.57. The number of fused-ring (bicyclic) bond motifs is 2. The first kappa shape index (κ1) is 22.0. The van der Waals surface area contributed by atoms with Gasteiger partial charge in [0.2, 0.25) is 12.1 Å². The van der Waals surface area contributed by atoms with E-state index in [-0.39, 0.29) is 29.5 Å². The van der Waals surface area contributed by atoms with E-state index in [0.717, 1.165) is 6.42 Å². The molecule has 5 fully saturated rings. The molecule has 4 saturated heterocycles. The van der Waals surface area contributed by atoms with E-state index < -0.39 is 36.0 Å². The van der Waals surface area contributed by atoms with Crippen molar-refractivity contribution in [2.45, 2.75) is 70.1 Å². The van der Waals surface area contributed by atoms with Crippen molar-refractivity contribution < 1.29 is 38.3 Å². The Morgan fingerprint density at radius 2 is 1.94 bits per heavy atom. The number of ether oxygens (including phenoxy) is 3. The van der Waals surface area contributed by atoms with Crippen LogP contribution in [0, 0.1) is 29.5 Å². The van der Waals surface area contributed by atoms with Crippen molar-refractivity contribution in [1.82, 2.24) is 0 Å². The molecule has 1 aromatic carbocycles. The topological polar surface area (TPSA) is 83.5 Å². The third-order valence-electron chi connectivity index (χ3n) is 7.73. The average molecular weight is 448 g/mol. The number of benzene rings is 1. The molecule has 32 heavy (non-hydrogen) atoms. The summed E-state index contributed by atoms with van der Waals surface area (Å²) >= 11 is 0. The van der Waals surface area contributed by atoms with Crippen LogP contribution in [-0.4, -0.2) is 41.1 Å². The van der Waals surface area contributed by atoms with Gasteiger partial charge in [-0.3, -0.25) is 0 Å². The Morgan fingerprint density at radius 3 is 2.69 bits per heavy atom. The SMILES string of the molecule is C[C@@H]1[C@H](O)C[C@H]2[C@@H](C)[C@H](OC(=O)/C=C/c3ccc(F)cc3)O[C@@H]3O[C@@]4(C)CC[C@@H]1[C@]32OO4. The van der Waals surface area contributed by atoms with E-state index in [1.165, 1.54) is 18.2 Å². The number of esters is 1. The van der Waals surface area contributed by atoms with E-state index in [0.29, 0.717) is 18.4 Å². The van der Waals surface area contributed by atoms with Crippen LogP contribution in [0.4, 0.5) is 4.39 Å². The molecule has 174 valence electrons. The van der Waals surface area contributed by atoms with E-state index in [4.69, 9.17) is 24.0 Å². The Balaban J connectivity index is 1.38. The van der Waals surface area contributed by atoms with Gasteiger partial charge in [0.1, 0.15) is 5.82 Å². The molecule has 1 aromatic rings. The molecular formula is C24H29FO7. The van der Waals surface area contributed by atoms with Gasteiger partial charge in [0.25, 0.3) is 0 Å². The van der Waals surface area contributed by atoms with Crippen molar-refractivity contribution in [1.29, 1.82) is 0 Å². The third kappa shape index (κ3) is 3.49. The predicted octanol–water partition coefficient (Wildman–Crippen LogP) is 3.56. The van der Waals surface area contributed by atoms with Crippen LogP contribution in [0.3, 0.4) is 0 Å². The summed E-state index contributed by atoms with van der Waals surface area (Å²) in [5.41, 5.74) is -0.184. The third-order valence-corrected chi connectivity index (χ3v) is 7.73. The molecule has 4 heterocycles. The molecular weight excluding hydrogens is 419 g/mol. The molecule has 0 amide bonds. The largest absolute Gasteiger partial charge is 0.432 e. The zero-order chi connectivity index (χ0) is 22.7. The summed E-state index contributed by atoms with van der Waals surface area (Å²) in [6.45, 7) is 5.76. The molecule has 4 aliphatic heterocycles. The zero-order valence-corrected chi connectivity index (χ0v) is 18.4. The first-order valence-corrected chi connectivity index (χ1v) is 11.2. The lowest BCUT2D eigenvalue weighted by molar-refractivity contribution is -0.577. The van der Waals surface area contributed by atoms with Crippen LogP contribution in [0.5, 0.6) is 0 Å². The van der Waals surface area contributed by atoms with Crippen LogP contribution in [-0.2, 0) is 28.8 Å². The number of halogens is 1. The molecule has 1 aliphatic carbocycles. The molecule has 0 aromatic heterocycles. The number of aliphatic hydroxyl groups is 1.